The lowest BCUT2D eigenvalue weighted by Crippen LogP contribution is -2.48. The number of carbonyl (C=O) groups is 3. The molecule has 2 rings (SSSR count). The van der Waals surface area contributed by atoms with Crippen LogP contribution in [0.15, 0.2) is 0 Å². The number of nitrogens with one attached hydrogen (secondary N) is 2. The molecular formula is C11H18N4O3. The van der Waals surface area contributed by atoms with Crippen molar-refractivity contribution in [1.29, 1.82) is 0 Å². The van der Waals surface area contributed by atoms with Gasteiger partial charge >= 0.3 is 6.03 Å². The number of urea groups is 1. The van der Waals surface area contributed by atoms with E-state index in [0.29, 0.717) is 13.0 Å². The molecule has 2 saturated heterocycles. The van der Waals surface area contributed by atoms with Gasteiger partial charge < -0.3 is 15.5 Å². The molecule has 2 heterocycles. The Morgan fingerprint density at radius 1 is 1.44 bits per heavy atom. The lowest BCUT2D eigenvalue weighted by atomic mass is 9.99. The number of imide groups is 1. The van der Waals surface area contributed by atoms with Crippen LogP contribution >= 0.6 is 0 Å². The third-order valence-corrected chi connectivity index (χ3v) is 3.45. The molecule has 2 aliphatic heterocycles. The molecule has 2 N–H and O–H groups in total. The third-order valence-electron chi connectivity index (χ3n) is 3.45. The topological polar surface area (TPSA) is 81.8 Å². The first-order valence-electron chi connectivity index (χ1n) is 6.01. The van der Waals surface area contributed by atoms with Crippen LogP contribution in [0.25, 0.3) is 0 Å². The van der Waals surface area contributed by atoms with Crippen molar-refractivity contribution >= 4 is 17.8 Å². The summed E-state index contributed by atoms with van der Waals surface area (Å²) in [4.78, 5) is 38.0. The van der Waals surface area contributed by atoms with Gasteiger partial charge in [0.25, 0.3) is 5.91 Å². The largest absolute Gasteiger partial charge is 0.349 e. The fourth-order valence-electron chi connectivity index (χ4n) is 2.29. The van der Waals surface area contributed by atoms with E-state index in [1.807, 2.05) is 0 Å². The van der Waals surface area contributed by atoms with Gasteiger partial charge in [-0.1, -0.05) is 0 Å². The molecule has 0 aromatic heterocycles. The normalized spacial score (nSPS) is 26.9. The van der Waals surface area contributed by atoms with E-state index in [0.717, 1.165) is 11.4 Å². The number of amides is 4. The molecule has 7 heteroatoms. The Morgan fingerprint density at radius 2 is 2.17 bits per heavy atom. The number of nitrogens with zero attached hydrogens (tertiary/aromatic N) is 2. The fourth-order valence-corrected chi connectivity index (χ4v) is 2.29. The predicted octanol–water partition coefficient (Wildman–Crippen LogP) is -1.25. The second-order valence-electron chi connectivity index (χ2n) is 4.93. The summed E-state index contributed by atoms with van der Waals surface area (Å²) in [6.45, 7) is 1.33. The second kappa shape index (κ2) is 4.56. The molecular weight excluding hydrogens is 236 g/mol. The third kappa shape index (κ3) is 2.05. The molecule has 0 saturated carbocycles. The first kappa shape index (κ1) is 12.8. The Balaban J connectivity index is 1.99. The van der Waals surface area contributed by atoms with E-state index in [9.17, 15) is 14.4 Å². The van der Waals surface area contributed by atoms with Gasteiger partial charge in [-0.05, 0) is 13.0 Å². The predicted molar refractivity (Wildman–Crippen MR) is 63.8 cm³/mol. The van der Waals surface area contributed by atoms with Gasteiger partial charge in [-0.15, -0.1) is 0 Å². The van der Waals surface area contributed by atoms with Crippen LogP contribution in [0, 0.1) is 0 Å². The van der Waals surface area contributed by atoms with Crippen LogP contribution in [0.3, 0.4) is 0 Å². The van der Waals surface area contributed by atoms with Gasteiger partial charge in [0.15, 0.2) is 0 Å². The summed E-state index contributed by atoms with van der Waals surface area (Å²) < 4.78 is 0. The average molecular weight is 254 g/mol. The van der Waals surface area contributed by atoms with Gasteiger partial charge in [-0.3, -0.25) is 14.5 Å². The number of carbonyl (C=O) groups excluding carboxylic acids is 3. The highest BCUT2D eigenvalue weighted by atomic mass is 16.2. The van der Waals surface area contributed by atoms with E-state index >= 15 is 0 Å². The zero-order valence-electron chi connectivity index (χ0n) is 10.7. The molecule has 1 spiro atoms. The summed E-state index contributed by atoms with van der Waals surface area (Å²) in [6, 6.07) is -0.393. The van der Waals surface area contributed by atoms with Crippen LogP contribution in [0.5, 0.6) is 0 Å². The monoisotopic (exact) mass is 254 g/mol. The van der Waals surface area contributed by atoms with Crippen LogP contribution in [0.2, 0.25) is 0 Å². The van der Waals surface area contributed by atoms with Gasteiger partial charge in [0.1, 0.15) is 5.54 Å². The molecule has 18 heavy (non-hydrogen) atoms. The van der Waals surface area contributed by atoms with Crippen LogP contribution in [0.1, 0.15) is 12.8 Å². The van der Waals surface area contributed by atoms with Crippen LogP contribution in [-0.4, -0.2) is 66.9 Å². The minimum Gasteiger partial charge on any atom is -0.349 e. The Kier molecular flexibility index (Phi) is 3.25. The van der Waals surface area contributed by atoms with Gasteiger partial charge in [0.05, 0.1) is 0 Å². The zero-order chi connectivity index (χ0) is 13.3. The van der Waals surface area contributed by atoms with E-state index in [4.69, 9.17) is 0 Å². The highest BCUT2D eigenvalue weighted by Gasteiger charge is 2.52. The van der Waals surface area contributed by atoms with Gasteiger partial charge in [-0.2, -0.15) is 0 Å². The van der Waals surface area contributed by atoms with Gasteiger partial charge in [0.2, 0.25) is 5.91 Å². The Bertz CT molecular complexity index is 388. The van der Waals surface area contributed by atoms with Crippen LogP contribution < -0.4 is 10.6 Å². The molecule has 7 nitrogen and oxygen atoms in total. The summed E-state index contributed by atoms with van der Waals surface area (Å²) in [6.07, 6.45) is 0.769. The molecule has 0 radical (unpaired) electrons. The first-order valence-corrected chi connectivity index (χ1v) is 6.01. The quantitative estimate of drug-likeness (QED) is 0.617. The number of hydrogen-bond acceptors (Lipinski definition) is 4. The molecule has 0 aliphatic carbocycles. The molecule has 100 valence electrons. The molecule has 1 atom stereocenters. The van der Waals surface area contributed by atoms with Gasteiger partial charge in [0, 0.05) is 33.6 Å². The van der Waals surface area contributed by atoms with E-state index in [2.05, 4.69) is 10.6 Å². The second-order valence-corrected chi connectivity index (χ2v) is 4.93. The smallest absolute Gasteiger partial charge is 0.325 e. The molecule has 0 aromatic rings. The van der Waals surface area contributed by atoms with E-state index in [1.54, 1.807) is 14.1 Å². The van der Waals surface area contributed by atoms with Crippen LogP contribution in [-0.2, 0) is 9.59 Å². The molecule has 2 fully saturated rings. The van der Waals surface area contributed by atoms with Crippen molar-refractivity contribution in [1.82, 2.24) is 20.4 Å². The summed E-state index contributed by atoms with van der Waals surface area (Å²) in [5.41, 5.74) is -0.780. The van der Waals surface area contributed by atoms with Crippen molar-refractivity contribution in [3.05, 3.63) is 0 Å². The molecule has 0 aromatic carbocycles. The number of hydrogen-bond donors (Lipinski definition) is 2. The Morgan fingerprint density at radius 3 is 2.72 bits per heavy atom. The Labute approximate surface area is 105 Å². The maximum absolute atomic E-state index is 12.2. The van der Waals surface area contributed by atoms with Crippen molar-refractivity contribution in [3.63, 3.8) is 0 Å². The summed E-state index contributed by atoms with van der Waals surface area (Å²) in [5, 5.41) is 5.80. The summed E-state index contributed by atoms with van der Waals surface area (Å²) in [7, 11) is 3.30. The SMILES string of the molecule is CN(C)C(=O)CCN1C(=O)NC2(CCNC2)C1=O. The lowest BCUT2D eigenvalue weighted by Gasteiger charge is -2.19. The zero-order valence-corrected chi connectivity index (χ0v) is 10.7. The summed E-state index contributed by atoms with van der Waals surface area (Å²) in [5.74, 6) is -0.315. The van der Waals surface area contributed by atoms with Gasteiger partial charge in [-0.25, -0.2) is 4.79 Å². The standard InChI is InChI=1S/C11H18N4O3/c1-14(2)8(16)3-6-15-9(17)11(13-10(15)18)4-5-12-7-11/h12H,3-7H2,1-2H3,(H,13,18). The Hall–Kier alpha value is -1.63. The van der Waals surface area contributed by atoms with Crippen molar-refractivity contribution in [3.8, 4) is 0 Å². The highest BCUT2D eigenvalue weighted by molar-refractivity contribution is 6.07. The molecule has 1 unspecified atom stereocenters. The van der Waals surface area contributed by atoms with Crippen molar-refractivity contribution in [2.45, 2.75) is 18.4 Å². The van der Waals surface area contributed by atoms with Crippen molar-refractivity contribution in [2.24, 2.45) is 0 Å². The van der Waals surface area contributed by atoms with E-state index in [1.165, 1.54) is 4.90 Å². The molecule has 4 amide bonds. The van der Waals surface area contributed by atoms with Crippen molar-refractivity contribution < 1.29 is 14.4 Å². The van der Waals surface area contributed by atoms with Crippen molar-refractivity contribution in [2.75, 3.05) is 33.7 Å². The maximum Gasteiger partial charge on any atom is 0.325 e. The van der Waals surface area contributed by atoms with E-state index in [-0.39, 0.29) is 24.8 Å². The fraction of sp³-hybridized carbons (Fsp3) is 0.727. The maximum atomic E-state index is 12.2. The average Bonchev–Trinajstić information content (AvgIpc) is 2.85. The van der Waals surface area contributed by atoms with Crippen LogP contribution in [0.4, 0.5) is 4.79 Å². The van der Waals surface area contributed by atoms with E-state index < -0.39 is 11.6 Å². The molecule has 0 bridgehead atoms. The minimum absolute atomic E-state index is 0.0962. The lowest BCUT2D eigenvalue weighted by molar-refractivity contribution is -0.132. The first-order chi connectivity index (χ1) is 8.46. The highest BCUT2D eigenvalue weighted by Crippen LogP contribution is 2.24. The molecule has 2 aliphatic rings. The summed E-state index contributed by atoms with van der Waals surface area (Å²) >= 11 is 0. The minimum atomic E-state index is -0.780. The number of rotatable bonds is 3.